The maximum atomic E-state index is 5.88. The zero-order chi connectivity index (χ0) is 6.41. The summed E-state index contributed by atoms with van der Waals surface area (Å²) in [5.74, 6) is 0. The summed E-state index contributed by atoms with van der Waals surface area (Å²) in [7, 11) is 0. The molecule has 0 nitrogen and oxygen atoms in total. The fourth-order valence-electron chi connectivity index (χ4n) is 0.771. The van der Waals surface area contributed by atoms with Crippen LogP contribution >= 0.6 is 11.5 Å². The molecule has 2 heteroatoms. The van der Waals surface area contributed by atoms with Crippen molar-refractivity contribution < 1.29 is 0 Å². The van der Waals surface area contributed by atoms with Crippen LogP contribution in [0.3, 0.4) is 0 Å². The summed E-state index contributed by atoms with van der Waals surface area (Å²) in [5.41, 5.74) is 0. The quantitative estimate of drug-likeness (QED) is 0.516. The Labute approximate surface area is 57.6 Å². The molecule has 0 atom stereocenters. The predicted molar refractivity (Wildman–Crippen MR) is 41.8 cm³/mol. The SMILES string of the molecule is CCCB(Cl)CCC. The number of hydrogen-bond acceptors (Lipinski definition) is 0. The van der Waals surface area contributed by atoms with E-state index in [1.54, 1.807) is 0 Å². The summed E-state index contributed by atoms with van der Waals surface area (Å²) in [5, 5.41) is 0. The fraction of sp³-hybridized carbons (Fsp3) is 1.00. The molecular formula is C6H14BCl. The number of hydrogen-bond donors (Lipinski definition) is 0. The average Bonchev–Trinajstić information content (AvgIpc) is 1.68. The molecule has 0 spiro atoms. The summed E-state index contributed by atoms with van der Waals surface area (Å²) in [6.07, 6.45) is 5.22. The van der Waals surface area contributed by atoms with Crippen molar-refractivity contribution in [2.75, 3.05) is 0 Å². The molecule has 48 valence electrons. The van der Waals surface area contributed by atoms with Crippen LogP contribution in [0.2, 0.25) is 12.6 Å². The largest absolute Gasteiger partial charge is 0.250 e. The van der Waals surface area contributed by atoms with Gasteiger partial charge in [-0.05, 0) is 0 Å². The highest BCUT2D eigenvalue weighted by atomic mass is 35.5. The van der Waals surface area contributed by atoms with Crippen molar-refractivity contribution in [3.8, 4) is 0 Å². The molecule has 0 amide bonds. The molecule has 0 aliphatic heterocycles. The lowest BCUT2D eigenvalue weighted by Gasteiger charge is -1.98. The van der Waals surface area contributed by atoms with Crippen molar-refractivity contribution in [1.82, 2.24) is 0 Å². The predicted octanol–water partition coefficient (Wildman–Crippen LogP) is 3.04. The second-order valence-electron chi connectivity index (χ2n) is 2.17. The van der Waals surface area contributed by atoms with Gasteiger partial charge in [-0.2, -0.15) is 11.5 Å². The van der Waals surface area contributed by atoms with Crippen LogP contribution in [-0.4, -0.2) is 6.13 Å². The molecule has 0 aliphatic carbocycles. The molecule has 0 aliphatic rings. The van der Waals surface area contributed by atoms with Crippen LogP contribution in [0.4, 0.5) is 0 Å². The maximum Gasteiger partial charge on any atom is 0.250 e. The van der Waals surface area contributed by atoms with Crippen LogP contribution in [-0.2, 0) is 0 Å². The number of halogens is 1. The molecular weight excluding hydrogens is 118 g/mol. The second kappa shape index (κ2) is 5.49. The van der Waals surface area contributed by atoms with E-state index >= 15 is 0 Å². The third-order valence-electron chi connectivity index (χ3n) is 1.20. The first kappa shape index (κ1) is 8.35. The highest BCUT2D eigenvalue weighted by molar-refractivity contribution is 7.06. The lowest BCUT2D eigenvalue weighted by Crippen LogP contribution is -1.99. The molecule has 0 aromatic rings. The van der Waals surface area contributed by atoms with E-state index in [1.807, 2.05) is 0 Å². The summed E-state index contributed by atoms with van der Waals surface area (Å²) < 4.78 is 0. The minimum Gasteiger partial charge on any atom is -0.196 e. The summed E-state index contributed by atoms with van der Waals surface area (Å²) in [6, 6.07) is 0. The molecule has 0 N–H and O–H groups in total. The maximum absolute atomic E-state index is 5.88. The second-order valence-corrected chi connectivity index (χ2v) is 2.79. The van der Waals surface area contributed by atoms with Gasteiger partial charge in [0, 0.05) is 0 Å². The normalized spacial score (nSPS) is 9.38. The summed E-state index contributed by atoms with van der Waals surface area (Å²) in [6.45, 7) is 4.34. The van der Waals surface area contributed by atoms with Gasteiger partial charge in [0.1, 0.15) is 0 Å². The van der Waals surface area contributed by atoms with Crippen molar-refractivity contribution >= 4 is 17.6 Å². The minimum atomic E-state index is 0.435. The van der Waals surface area contributed by atoms with Crippen LogP contribution in [0.25, 0.3) is 0 Å². The van der Waals surface area contributed by atoms with Crippen LogP contribution in [0, 0.1) is 0 Å². The van der Waals surface area contributed by atoms with Gasteiger partial charge in [-0.25, -0.2) is 0 Å². The van der Waals surface area contributed by atoms with Gasteiger partial charge in [-0.15, -0.1) is 0 Å². The third kappa shape index (κ3) is 4.51. The van der Waals surface area contributed by atoms with Crippen molar-refractivity contribution in [3.05, 3.63) is 0 Å². The average molecular weight is 132 g/mol. The van der Waals surface area contributed by atoms with Gasteiger partial charge in [-0.1, -0.05) is 39.3 Å². The van der Waals surface area contributed by atoms with Gasteiger partial charge in [0.25, 0.3) is 6.13 Å². The number of rotatable bonds is 4. The Morgan fingerprint density at radius 2 is 1.50 bits per heavy atom. The third-order valence-corrected chi connectivity index (χ3v) is 1.64. The van der Waals surface area contributed by atoms with Crippen molar-refractivity contribution in [1.29, 1.82) is 0 Å². The Hall–Kier alpha value is 0.355. The molecule has 0 saturated heterocycles. The van der Waals surface area contributed by atoms with Gasteiger partial charge >= 0.3 is 0 Å². The van der Waals surface area contributed by atoms with E-state index < -0.39 is 0 Å². The summed E-state index contributed by atoms with van der Waals surface area (Å²) >= 11 is 5.88. The molecule has 0 unspecified atom stereocenters. The Balaban J connectivity index is 2.92. The van der Waals surface area contributed by atoms with E-state index in [-0.39, 0.29) is 0 Å². The van der Waals surface area contributed by atoms with E-state index in [0.717, 1.165) is 0 Å². The summed E-state index contributed by atoms with van der Waals surface area (Å²) in [4.78, 5) is 0. The van der Waals surface area contributed by atoms with Crippen LogP contribution in [0.1, 0.15) is 26.7 Å². The Bertz CT molecular complexity index is 41.8. The van der Waals surface area contributed by atoms with E-state index in [4.69, 9.17) is 11.5 Å². The highest BCUT2D eigenvalue weighted by Gasteiger charge is 2.05. The van der Waals surface area contributed by atoms with Crippen molar-refractivity contribution in [2.45, 2.75) is 39.3 Å². The smallest absolute Gasteiger partial charge is 0.196 e. The lowest BCUT2D eigenvalue weighted by molar-refractivity contribution is 1.02. The van der Waals surface area contributed by atoms with Crippen LogP contribution in [0.15, 0.2) is 0 Å². The van der Waals surface area contributed by atoms with Gasteiger partial charge in [0.15, 0.2) is 0 Å². The van der Waals surface area contributed by atoms with Crippen molar-refractivity contribution in [2.24, 2.45) is 0 Å². The standard InChI is InChI=1S/C6H14BCl/c1-3-5-7(8)6-4-2/h3-6H2,1-2H3. The lowest BCUT2D eigenvalue weighted by atomic mass is 9.67. The Morgan fingerprint density at radius 1 is 1.12 bits per heavy atom. The van der Waals surface area contributed by atoms with Crippen LogP contribution in [0.5, 0.6) is 0 Å². The van der Waals surface area contributed by atoms with Gasteiger partial charge in [-0.3, -0.25) is 0 Å². The van der Waals surface area contributed by atoms with Gasteiger partial charge in [0.2, 0.25) is 0 Å². The zero-order valence-corrected chi connectivity index (χ0v) is 6.54. The topological polar surface area (TPSA) is 0 Å². The minimum absolute atomic E-state index is 0.435. The first-order valence-corrected chi connectivity index (χ1v) is 3.89. The molecule has 0 fully saturated rings. The molecule has 0 radical (unpaired) electrons. The van der Waals surface area contributed by atoms with Gasteiger partial charge < -0.3 is 0 Å². The Kier molecular flexibility index (Phi) is 5.73. The first-order valence-electron chi connectivity index (χ1n) is 3.45. The molecule has 0 rings (SSSR count). The first-order chi connectivity index (χ1) is 3.81. The van der Waals surface area contributed by atoms with E-state index in [1.165, 1.54) is 25.5 Å². The zero-order valence-electron chi connectivity index (χ0n) is 5.78. The van der Waals surface area contributed by atoms with Crippen molar-refractivity contribution in [3.63, 3.8) is 0 Å². The van der Waals surface area contributed by atoms with E-state index in [0.29, 0.717) is 6.13 Å². The monoisotopic (exact) mass is 132 g/mol. The van der Waals surface area contributed by atoms with Gasteiger partial charge in [0.05, 0.1) is 0 Å². The van der Waals surface area contributed by atoms with Crippen LogP contribution < -0.4 is 0 Å². The molecule has 0 aromatic heterocycles. The van der Waals surface area contributed by atoms with E-state index in [9.17, 15) is 0 Å². The molecule has 8 heavy (non-hydrogen) atoms. The molecule has 0 heterocycles. The highest BCUT2D eigenvalue weighted by Crippen LogP contribution is 2.08. The molecule has 0 saturated carbocycles. The molecule has 0 bridgehead atoms. The fourth-order valence-corrected chi connectivity index (χ4v) is 1.21. The molecule has 0 aromatic carbocycles. The Morgan fingerprint density at radius 3 is 1.75 bits per heavy atom. The van der Waals surface area contributed by atoms with E-state index in [2.05, 4.69) is 13.8 Å².